The van der Waals surface area contributed by atoms with Gasteiger partial charge in [-0.3, -0.25) is 9.56 Å². The molecule has 2 aromatic carbocycles. The van der Waals surface area contributed by atoms with Gasteiger partial charge < -0.3 is 5.32 Å². The van der Waals surface area contributed by atoms with Crippen LogP contribution in [0, 0.1) is 0 Å². The number of nitrogens with zero attached hydrogens (tertiary/aromatic N) is 4. The van der Waals surface area contributed by atoms with Crippen molar-refractivity contribution < 1.29 is 0 Å². The second-order valence-electron chi connectivity index (χ2n) is 6.55. The third kappa shape index (κ3) is 4.01. The van der Waals surface area contributed by atoms with Crippen LogP contribution in [0.5, 0.6) is 0 Å². The van der Waals surface area contributed by atoms with Gasteiger partial charge in [-0.1, -0.05) is 42.8 Å². The molecule has 0 saturated heterocycles. The molecule has 3 aromatic rings. The van der Waals surface area contributed by atoms with E-state index in [1.54, 1.807) is 0 Å². The van der Waals surface area contributed by atoms with Crippen LogP contribution in [0.25, 0.3) is 5.69 Å². The molecule has 0 unspecified atom stereocenters. The minimum Gasteiger partial charge on any atom is -0.306 e. The van der Waals surface area contributed by atoms with Gasteiger partial charge in [-0.15, -0.1) is 28.5 Å². The summed E-state index contributed by atoms with van der Waals surface area (Å²) in [5.74, 6) is 2.67. The van der Waals surface area contributed by atoms with E-state index in [-0.39, 0.29) is 0 Å². The Morgan fingerprint density at radius 3 is 2.90 bits per heavy atom. The zero-order valence-corrected chi connectivity index (χ0v) is 17.8. The summed E-state index contributed by atoms with van der Waals surface area (Å²) < 4.78 is 2.13. The Labute approximate surface area is 179 Å². The zero-order chi connectivity index (χ0) is 20.2. The zero-order valence-electron chi connectivity index (χ0n) is 16.2. The molecule has 0 radical (unpaired) electrons. The van der Waals surface area contributed by atoms with Crippen LogP contribution in [0.4, 0.5) is 0 Å². The van der Waals surface area contributed by atoms with Crippen molar-refractivity contribution in [2.75, 3.05) is 12.3 Å². The first kappa shape index (κ1) is 19.9. The van der Waals surface area contributed by atoms with Gasteiger partial charge in [-0.05, 0) is 30.0 Å². The van der Waals surface area contributed by atoms with Crippen molar-refractivity contribution in [2.24, 2.45) is 4.99 Å². The molecule has 7 heteroatoms. The number of benzene rings is 2. The third-order valence-corrected chi connectivity index (χ3v) is 5.80. The Hall–Kier alpha value is -2.41. The van der Waals surface area contributed by atoms with Crippen molar-refractivity contribution in [1.82, 2.24) is 20.1 Å². The van der Waals surface area contributed by atoms with Gasteiger partial charge in [0.05, 0.1) is 17.9 Å². The van der Waals surface area contributed by atoms with E-state index in [1.807, 2.05) is 36.0 Å². The molecule has 0 spiro atoms. The van der Waals surface area contributed by atoms with E-state index in [9.17, 15) is 0 Å². The lowest BCUT2D eigenvalue weighted by atomic mass is 10.0. The maximum Gasteiger partial charge on any atom is 0.159 e. The number of rotatable bonds is 7. The SMILES string of the molecule is C=CCNCc1nnc2n1-c1cccc(SCC)c1C(c1cccc(Cl)c1)=NC2. The molecule has 0 amide bonds. The van der Waals surface area contributed by atoms with Crippen LogP contribution in [0.2, 0.25) is 5.02 Å². The molecule has 148 valence electrons. The highest BCUT2D eigenvalue weighted by molar-refractivity contribution is 7.99. The van der Waals surface area contributed by atoms with Crippen molar-refractivity contribution in [3.8, 4) is 5.69 Å². The number of nitrogens with one attached hydrogen (secondary N) is 1. The largest absolute Gasteiger partial charge is 0.306 e. The fourth-order valence-corrected chi connectivity index (χ4v) is 4.48. The van der Waals surface area contributed by atoms with Crippen LogP contribution in [0.3, 0.4) is 0 Å². The van der Waals surface area contributed by atoms with Crippen LogP contribution in [0.15, 0.2) is 65.0 Å². The van der Waals surface area contributed by atoms with Crippen molar-refractivity contribution in [3.63, 3.8) is 0 Å². The van der Waals surface area contributed by atoms with Gasteiger partial charge in [0.1, 0.15) is 6.54 Å². The fourth-order valence-electron chi connectivity index (χ4n) is 3.45. The van der Waals surface area contributed by atoms with Crippen LogP contribution in [-0.2, 0) is 13.1 Å². The van der Waals surface area contributed by atoms with Gasteiger partial charge in [0, 0.05) is 27.6 Å². The van der Waals surface area contributed by atoms with E-state index in [0.717, 1.165) is 39.9 Å². The Balaban J connectivity index is 1.90. The van der Waals surface area contributed by atoms with E-state index >= 15 is 0 Å². The molecule has 4 rings (SSSR count). The van der Waals surface area contributed by atoms with E-state index < -0.39 is 0 Å². The van der Waals surface area contributed by atoms with Crippen molar-refractivity contribution in [3.05, 3.63) is 82.9 Å². The standard InChI is InChI=1S/C22H22ClN5S/c1-3-11-24-13-19-26-27-20-14-25-22(15-7-5-8-16(23)12-15)21-17(28(19)20)9-6-10-18(21)29-4-2/h3,5-10,12,24H,1,4,11,13-14H2,2H3. The lowest BCUT2D eigenvalue weighted by molar-refractivity contribution is 0.696. The van der Waals surface area contributed by atoms with Crippen LogP contribution >= 0.6 is 23.4 Å². The smallest absolute Gasteiger partial charge is 0.159 e. The Kier molecular flexibility index (Phi) is 6.13. The number of fused-ring (bicyclic) bond motifs is 3. The minimum absolute atomic E-state index is 0.460. The van der Waals surface area contributed by atoms with Crippen molar-refractivity contribution in [2.45, 2.75) is 24.9 Å². The molecule has 1 aromatic heterocycles. The van der Waals surface area contributed by atoms with E-state index in [0.29, 0.717) is 24.7 Å². The summed E-state index contributed by atoms with van der Waals surface area (Å²) >= 11 is 8.10. The molecule has 0 aliphatic carbocycles. The third-order valence-electron chi connectivity index (χ3n) is 4.63. The highest BCUT2D eigenvalue weighted by Gasteiger charge is 2.25. The van der Waals surface area contributed by atoms with Gasteiger partial charge in [0.15, 0.2) is 11.6 Å². The van der Waals surface area contributed by atoms with Gasteiger partial charge in [0.25, 0.3) is 0 Å². The Bertz CT molecular complexity index is 1070. The number of aromatic nitrogens is 3. The molecule has 1 aliphatic heterocycles. The summed E-state index contributed by atoms with van der Waals surface area (Å²) in [7, 11) is 0. The van der Waals surface area contributed by atoms with Crippen molar-refractivity contribution >= 4 is 29.1 Å². The predicted molar refractivity (Wildman–Crippen MR) is 120 cm³/mol. The predicted octanol–water partition coefficient (Wildman–Crippen LogP) is 4.66. The maximum atomic E-state index is 6.29. The molecule has 0 bridgehead atoms. The number of hydrogen-bond donors (Lipinski definition) is 1. The first-order chi connectivity index (χ1) is 14.2. The molecule has 5 nitrogen and oxygen atoms in total. The average molecular weight is 424 g/mol. The Morgan fingerprint density at radius 1 is 1.24 bits per heavy atom. The van der Waals surface area contributed by atoms with E-state index in [2.05, 4.69) is 57.8 Å². The lowest BCUT2D eigenvalue weighted by Crippen LogP contribution is -2.18. The number of thioether (sulfide) groups is 1. The highest BCUT2D eigenvalue weighted by atomic mass is 35.5. The second-order valence-corrected chi connectivity index (χ2v) is 8.29. The normalized spacial score (nSPS) is 12.7. The molecule has 0 atom stereocenters. The van der Waals surface area contributed by atoms with Crippen LogP contribution < -0.4 is 5.32 Å². The van der Waals surface area contributed by atoms with E-state index in [1.165, 1.54) is 4.90 Å². The number of halogens is 1. The molecule has 0 saturated carbocycles. The fraction of sp³-hybridized carbons (Fsp3) is 0.227. The molecular weight excluding hydrogens is 402 g/mol. The summed E-state index contributed by atoms with van der Waals surface area (Å²) in [4.78, 5) is 6.14. The molecule has 2 heterocycles. The summed E-state index contributed by atoms with van der Waals surface area (Å²) in [5.41, 5.74) is 4.10. The molecule has 1 N–H and O–H groups in total. The van der Waals surface area contributed by atoms with Gasteiger partial charge in [-0.2, -0.15) is 0 Å². The Morgan fingerprint density at radius 2 is 2.10 bits per heavy atom. The summed E-state index contributed by atoms with van der Waals surface area (Å²) in [6.45, 7) is 7.70. The average Bonchev–Trinajstić information content (AvgIpc) is 3.04. The monoisotopic (exact) mass is 423 g/mol. The molecule has 1 aliphatic rings. The first-order valence-corrected chi connectivity index (χ1v) is 10.9. The molecule has 29 heavy (non-hydrogen) atoms. The number of hydrogen-bond acceptors (Lipinski definition) is 5. The summed E-state index contributed by atoms with van der Waals surface area (Å²) in [6.07, 6.45) is 1.84. The number of aliphatic imine (C=N–C) groups is 1. The second kappa shape index (κ2) is 8.95. The first-order valence-electron chi connectivity index (χ1n) is 9.54. The maximum absolute atomic E-state index is 6.29. The quantitative estimate of drug-likeness (QED) is 0.341. The summed E-state index contributed by atoms with van der Waals surface area (Å²) in [5, 5.41) is 12.9. The van der Waals surface area contributed by atoms with Crippen LogP contribution in [0.1, 0.15) is 29.7 Å². The summed E-state index contributed by atoms with van der Waals surface area (Å²) in [6, 6.07) is 14.2. The highest BCUT2D eigenvalue weighted by Crippen LogP contribution is 2.33. The topological polar surface area (TPSA) is 55.1 Å². The minimum atomic E-state index is 0.460. The van der Waals surface area contributed by atoms with Gasteiger partial charge >= 0.3 is 0 Å². The van der Waals surface area contributed by atoms with Gasteiger partial charge in [-0.25, -0.2) is 0 Å². The van der Waals surface area contributed by atoms with Crippen LogP contribution in [-0.4, -0.2) is 32.8 Å². The molecule has 0 fully saturated rings. The van der Waals surface area contributed by atoms with E-state index in [4.69, 9.17) is 16.6 Å². The van der Waals surface area contributed by atoms with Gasteiger partial charge in [0.2, 0.25) is 0 Å². The van der Waals surface area contributed by atoms with Crippen molar-refractivity contribution in [1.29, 1.82) is 0 Å². The molecular formula is C22H22ClN5S. The lowest BCUT2D eigenvalue weighted by Gasteiger charge is -2.17.